The smallest absolute Gasteiger partial charge is 0.317 e. The van der Waals surface area contributed by atoms with E-state index in [2.05, 4.69) is 10.6 Å². The summed E-state index contributed by atoms with van der Waals surface area (Å²) in [5.74, 6) is -0.883. The molecule has 0 unspecified atom stereocenters. The predicted molar refractivity (Wildman–Crippen MR) is 94.8 cm³/mol. The second-order valence-electron chi connectivity index (χ2n) is 6.22. The lowest BCUT2D eigenvalue weighted by Crippen LogP contribution is -2.56. The largest absolute Gasteiger partial charge is 0.484 e. The van der Waals surface area contributed by atoms with E-state index in [-0.39, 0.29) is 43.6 Å². The van der Waals surface area contributed by atoms with Crippen molar-refractivity contribution in [1.82, 2.24) is 15.5 Å². The molecule has 0 radical (unpaired) electrons. The zero-order chi connectivity index (χ0) is 18.9. The topological polar surface area (TPSA) is 108 Å². The highest BCUT2D eigenvalue weighted by molar-refractivity contribution is 5.85. The molecule has 2 amide bonds. The summed E-state index contributed by atoms with van der Waals surface area (Å²) in [6.07, 6.45) is 1.44. The van der Waals surface area contributed by atoms with Crippen molar-refractivity contribution < 1.29 is 24.2 Å². The number of carboxylic acid groups (broad SMARTS) is 1. The molecule has 26 heavy (non-hydrogen) atoms. The Kier molecular flexibility index (Phi) is 7.40. The Labute approximate surface area is 152 Å². The zero-order valence-electron chi connectivity index (χ0n) is 14.8. The van der Waals surface area contributed by atoms with Crippen molar-refractivity contribution in [3.05, 3.63) is 30.3 Å². The highest BCUT2D eigenvalue weighted by Gasteiger charge is 2.34. The lowest BCUT2D eigenvalue weighted by Gasteiger charge is -2.42. The van der Waals surface area contributed by atoms with E-state index in [9.17, 15) is 14.4 Å². The van der Waals surface area contributed by atoms with Gasteiger partial charge in [-0.3, -0.25) is 19.3 Å². The van der Waals surface area contributed by atoms with Crippen LogP contribution in [0.4, 0.5) is 0 Å². The first-order valence-corrected chi connectivity index (χ1v) is 8.67. The number of hydrogen-bond donors (Lipinski definition) is 3. The lowest BCUT2D eigenvalue weighted by molar-refractivity contribution is -0.139. The van der Waals surface area contributed by atoms with Crippen LogP contribution in [0.2, 0.25) is 0 Å². The number of benzene rings is 1. The van der Waals surface area contributed by atoms with E-state index in [1.807, 2.05) is 30.0 Å². The first-order valence-electron chi connectivity index (χ1n) is 8.67. The van der Waals surface area contributed by atoms with Gasteiger partial charge in [0, 0.05) is 12.1 Å². The number of nitrogens with zero attached hydrogens (tertiary/aromatic N) is 1. The number of amides is 2. The molecule has 1 aliphatic carbocycles. The van der Waals surface area contributed by atoms with Crippen LogP contribution in [-0.4, -0.2) is 66.1 Å². The molecule has 0 spiro atoms. The van der Waals surface area contributed by atoms with Crippen LogP contribution < -0.4 is 15.4 Å². The van der Waals surface area contributed by atoms with Gasteiger partial charge in [0.1, 0.15) is 5.75 Å². The summed E-state index contributed by atoms with van der Waals surface area (Å²) in [5, 5.41) is 14.2. The maximum Gasteiger partial charge on any atom is 0.317 e. The van der Waals surface area contributed by atoms with Crippen LogP contribution in [0.15, 0.2) is 30.3 Å². The number of carboxylic acids is 1. The van der Waals surface area contributed by atoms with Crippen molar-refractivity contribution in [2.24, 2.45) is 0 Å². The van der Waals surface area contributed by atoms with Gasteiger partial charge in [-0.15, -0.1) is 0 Å². The molecule has 0 heterocycles. The number of nitrogens with one attached hydrogen (secondary N) is 2. The van der Waals surface area contributed by atoms with E-state index in [1.165, 1.54) is 0 Å². The van der Waals surface area contributed by atoms with Gasteiger partial charge < -0.3 is 20.5 Å². The van der Waals surface area contributed by atoms with Gasteiger partial charge in [-0.2, -0.15) is 0 Å². The van der Waals surface area contributed by atoms with Gasteiger partial charge in [0.2, 0.25) is 5.91 Å². The molecule has 1 aromatic rings. The highest BCUT2D eigenvalue weighted by atomic mass is 16.5. The van der Waals surface area contributed by atoms with E-state index < -0.39 is 5.97 Å². The molecule has 142 valence electrons. The van der Waals surface area contributed by atoms with Crippen LogP contribution in [-0.2, 0) is 14.4 Å². The van der Waals surface area contributed by atoms with Crippen LogP contribution in [0, 0.1) is 0 Å². The first-order chi connectivity index (χ1) is 12.5. The second-order valence-corrected chi connectivity index (χ2v) is 6.22. The van der Waals surface area contributed by atoms with Crippen molar-refractivity contribution in [3.63, 3.8) is 0 Å². The SMILES string of the molecule is CCN(CC(=O)O)C1CC(NC(=O)CNC(=O)COc2ccccc2)C1. The fraction of sp³-hybridized carbons (Fsp3) is 0.500. The lowest BCUT2D eigenvalue weighted by atomic mass is 9.85. The van der Waals surface area contributed by atoms with Crippen molar-refractivity contribution >= 4 is 17.8 Å². The molecule has 0 aliphatic heterocycles. The molecular weight excluding hydrogens is 338 g/mol. The van der Waals surface area contributed by atoms with Crippen LogP contribution >= 0.6 is 0 Å². The van der Waals surface area contributed by atoms with E-state index in [0.717, 1.165) is 12.8 Å². The predicted octanol–water partition coefficient (Wildman–Crippen LogP) is 0.235. The Morgan fingerprint density at radius 2 is 1.88 bits per heavy atom. The number of likely N-dealkylation sites (N-methyl/N-ethyl adjacent to an activating group) is 1. The van der Waals surface area contributed by atoms with Crippen LogP contribution in [0.3, 0.4) is 0 Å². The molecule has 1 saturated carbocycles. The van der Waals surface area contributed by atoms with Crippen molar-refractivity contribution in [2.75, 3.05) is 26.2 Å². The van der Waals surface area contributed by atoms with Crippen LogP contribution in [0.1, 0.15) is 19.8 Å². The zero-order valence-corrected chi connectivity index (χ0v) is 14.8. The summed E-state index contributed by atoms with van der Waals surface area (Å²) < 4.78 is 5.30. The number of hydrogen-bond acceptors (Lipinski definition) is 5. The molecule has 2 rings (SSSR count). The third-order valence-corrected chi connectivity index (χ3v) is 4.30. The number of para-hydroxylation sites is 1. The summed E-state index contributed by atoms with van der Waals surface area (Å²) in [6, 6.07) is 9.16. The fourth-order valence-electron chi connectivity index (χ4n) is 2.85. The minimum absolute atomic E-state index is 0.0132. The van der Waals surface area contributed by atoms with Crippen molar-refractivity contribution in [2.45, 2.75) is 31.8 Å². The summed E-state index contributed by atoms with van der Waals surface area (Å²) in [5.41, 5.74) is 0. The third kappa shape index (κ3) is 6.36. The summed E-state index contributed by atoms with van der Waals surface area (Å²) in [7, 11) is 0. The maximum atomic E-state index is 11.9. The summed E-state index contributed by atoms with van der Waals surface area (Å²) >= 11 is 0. The molecule has 0 saturated heterocycles. The highest BCUT2D eigenvalue weighted by Crippen LogP contribution is 2.25. The van der Waals surface area contributed by atoms with Gasteiger partial charge in [0.25, 0.3) is 5.91 Å². The average molecular weight is 363 g/mol. The van der Waals surface area contributed by atoms with Gasteiger partial charge in [-0.1, -0.05) is 25.1 Å². The van der Waals surface area contributed by atoms with E-state index >= 15 is 0 Å². The molecule has 8 heteroatoms. The minimum Gasteiger partial charge on any atom is -0.484 e. The molecule has 1 fully saturated rings. The quantitative estimate of drug-likeness (QED) is 0.549. The van der Waals surface area contributed by atoms with E-state index in [1.54, 1.807) is 12.1 Å². The number of ether oxygens (including phenoxy) is 1. The van der Waals surface area contributed by atoms with Crippen LogP contribution in [0.25, 0.3) is 0 Å². The Morgan fingerprint density at radius 3 is 2.50 bits per heavy atom. The monoisotopic (exact) mass is 363 g/mol. The number of aliphatic carboxylic acids is 1. The minimum atomic E-state index is -0.847. The Balaban J connectivity index is 1.59. The Hall–Kier alpha value is -2.61. The third-order valence-electron chi connectivity index (χ3n) is 4.30. The van der Waals surface area contributed by atoms with Crippen molar-refractivity contribution in [3.8, 4) is 5.75 Å². The second kappa shape index (κ2) is 9.76. The van der Waals surface area contributed by atoms with Gasteiger partial charge in [-0.25, -0.2) is 0 Å². The molecule has 3 N–H and O–H groups in total. The van der Waals surface area contributed by atoms with Gasteiger partial charge >= 0.3 is 5.97 Å². The Morgan fingerprint density at radius 1 is 1.19 bits per heavy atom. The molecular formula is C18H25N3O5. The molecule has 0 bridgehead atoms. The normalized spacial score (nSPS) is 18.7. The first kappa shape index (κ1) is 19.7. The number of rotatable bonds is 10. The molecule has 8 nitrogen and oxygen atoms in total. The van der Waals surface area contributed by atoms with Gasteiger partial charge in [0.05, 0.1) is 13.1 Å². The van der Waals surface area contributed by atoms with Crippen molar-refractivity contribution in [1.29, 1.82) is 0 Å². The Bertz CT molecular complexity index is 617. The number of carbonyl (C=O) groups is 3. The van der Waals surface area contributed by atoms with Crippen LogP contribution in [0.5, 0.6) is 5.75 Å². The average Bonchev–Trinajstić information content (AvgIpc) is 2.60. The molecule has 1 aromatic carbocycles. The van der Waals surface area contributed by atoms with E-state index in [4.69, 9.17) is 9.84 Å². The fourth-order valence-corrected chi connectivity index (χ4v) is 2.85. The molecule has 1 aliphatic rings. The molecule has 0 aromatic heterocycles. The summed E-state index contributed by atoms with van der Waals surface area (Å²) in [4.78, 5) is 36.3. The molecule has 0 atom stereocenters. The van der Waals surface area contributed by atoms with E-state index in [0.29, 0.717) is 12.3 Å². The summed E-state index contributed by atoms with van der Waals surface area (Å²) in [6.45, 7) is 2.34. The number of carbonyl (C=O) groups excluding carboxylic acids is 2. The maximum absolute atomic E-state index is 11.9. The standard InChI is InChI=1S/C18H25N3O5/c1-2-21(11-18(24)25)14-8-13(9-14)20-16(22)10-19-17(23)12-26-15-6-4-3-5-7-15/h3-7,13-14H,2,8-12H2,1H3,(H,19,23)(H,20,22)(H,24,25). The van der Waals surface area contributed by atoms with Gasteiger partial charge in [0.15, 0.2) is 6.61 Å². The van der Waals surface area contributed by atoms with Gasteiger partial charge in [-0.05, 0) is 31.5 Å².